The molecule has 1 unspecified atom stereocenters. The molecule has 2 aromatic rings. The van der Waals surface area contributed by atoms with Crippen LogP contribution in [0.4, 0.5) is 11.4 Å². The number of nitrogen functional groups attached to an aromatic ring is 1. The highest BCUT2D eigenvalue weighted by molar-refractivity contribution is 8.00. The predicted octanol–water partition coefficient (Wildman–Crippen LogP) is 3.47. The molecule has 1 aliphatic heterocycles. The first-order valence-electron chi connectivity index (χ1n) is 6.63. The molecule has 0 aliphatic carbocycles. The first-order chi connectivity index (χ1) is 9.70. The van der Waals surface area contributed by atoms with E-state index in [0.717, 1.165) is 21.8 Å². The summed E-state index contributed by atoms with van der Waals surface area (Å²) >= 11 is 1.58. The van der Waals surface area contributed by atoms with Crippen molar-refractivity contribution in [2.45, 2.75) is 17.1 Å². The molecular formula is C16H16N2OS. The lowest BCUT2D eigenvalue weighted by Gasteiger charge is -2.33. The normalized spacial score (nSPS) is 17.9. The van der Waals surface area contributed by atoms with Crippen molar-refractivity contribution in [1.82, 2.24) is 0 Å². The molecule has 102 valence electrons. The van der Waals surface area contributed by atoms with Gasteiger partial charge in [0.05, 0.1) is 5.69 Å². The third-order valence-corrected chi connectivity index (χ3v) is 4.72. The second-order valence-corrected chi connectivity index (χ2v) is 5.87. The zero-order valence-electron chi connectivity index (χ0n) is 11.2. The number of nitrogens with zero attached hydrogens (tertiary/aromatic N) is 1. The number of hydrogen-bond acceptors (Lipinski definition) is 3. The SMILES string of the molecule is CCN1C(=O)C(c2ccccc2)Sc2cc(N)ccc21. The lowest BCUT2D eigenvalue weighted by atomic mass is 10.1. The molecule has 3 nitrogen and oxygen atoms in total. The van der Waals surface area contributed by atoms with Gasteiger partial charge < -0.3 is 10.6 Å². The van der Waals surface area contributed by atoms with Crippen LogP contribution in [0.3, 0.4) is 0 Å². The van der Waals surface area contributed by atoms with Gasteiger partial charge in [0.2, 0.25) is 5.91 Å². The van der Waals surface area contributed by atoms with Gasteiger partial charge >= 0.3 is 0 Å². The number of likely N-dealkylation sites (N-methyl/N-ethyl adjacent to an activating group) is 1. The minimum atomic E-state index is -0.189. The van der Waals surface area contributed by atoms with E-state index in [1.54, 1.807) is 11.8 Å². The summed E-state index contributed by atoms with van der Waals surface area (Å²) in [6, 6.07) is 15.6. The fourth-order valence-corrected chi connectivity index (χ4v) is 3.73. The third kappa shape index (κ3) is 2.16. The predicted molar refractivity (Wildman–Crippen MR) is 83.9 cm³/mol. The van der Waals surface area contributed by atoms with E-state index in [0.29, 0.717) is 6.54 Å². The number of rotatable bonds is 2. The van der Waals surface area contributed by atoms with E-state index in [-0.39, 0.29) is 11.2 Å². The molecule has 0 radical (unpaired) electrons. The van der Waals surface area contributed by atoms with Crippen molar-refractivity contribution in [3.05, 3.63) is 54.1 Å². The zero-order valence-corrected chi connectivity index (χ0v) is 12.1. The van der Waals surface area contributed by atoms with E-state index in [1.807, 2.05) is 60.4 Å². The average molecular weight is 284 g/mol. The highest BCUT2D eigenvalue weighted by Gasteiger charge is 2.33. The molecule has 3 rings (SSSR count). The van der Waals surface area contributed by atoms with Gasteiger partial charge in [-0.3, -0.25) is 4.79 Å². The van der Waals surface area contributed by atoms with Gasteiger partial charge in [0, 0.05) is 17.1 Å². The smallest absolute Gasteiger partial charge is 0.245 e. The number of carbonyl (C=O) groups is 1. The number of hydrogen-bond donors (Lipinski definition) is 1. The van der Waals surface area contributed by atoms with Gasteiger partial charge in [0.1, 0.15) is 5.25 Å². The van der Waals surface area contributed by atoms with Gasteiger partial charge in [-0.2, -0.15) is 0 Å². The number of carbonyl (C=O) groups excluding carboxylic acids is 1. The van der Waals surface area contributed by atoms with Crippen molar-refractivity contribution >= 4 is 29.0 Å². The number of amides is 1. The molecule has 1 amide bonds. The Bertz CT molecular complexity index is 642. The number of anilines is 2. The molecule has 0 aromatic heterocycles. The highest BCUT2D eigenvalue weighted by Crippen LogP contribution is 2.46. The number of nitrogens with two attached hydrogens (primary N) is 1. The van der Waals surface area contributed by atoms with Gasteiger partial charge in [-0.05, 0) is 30.7 Å². The van der Waals surface area contributed by atoms with E-state index in [9.17, 15) is 4.79 Å². The van der Waals surface area contributed by atoms with Crippen LogP contribution in [0.2, 0.25) is 0 Å². The monoisotopic (exact) mass is 284 g/mol. The number of thioether (sulfide) groups is 1. The summed E-state index contributed by atoms with van der Waals surface area (Å²) in [5.74, 6) is 0.140. The van der Waals surface area contributed by atoms with Crippen LogP contribution in [0.25, 0.3) is 0 Å². The van der Waals surface area contributed by atoms with Gasteiger partial charge in [-0.15, -0.1) is 11.8 Å². The van der Waals surface area contributed by atoms with Gasteiger partial charge in [-0.1, -0.05) is 30.3 Å². The summed E-state index contributed by atoms with van der Waals surface area (Å²) in [6.07, 6.45) is 0. The largest absolute Gasteiger partial charge is 0.399 e. The number of fused-ring (bicyclic) bond motifs is 1. The van der Waals surface area contributed by atoms with E-state index in [4.69, 9.17) is 5.73 Å². The van der Waals surface area contributed by atoms with Crippen LogP contribution in [0.5, 0.6) is 0 Å². The van der Waals surface area contributed by atoms with Gasteiger partial charge in [0.15, 0.2) is 0 Å². The van der Waals surface area contributed by atoms with Gasteiger partial charge in [0.25, 0.3) is 0 Å². The van der Waals surface area contributed by atoms with Crippen LogP contribution >= 0.6 is 11.8 Å². The summed E-state index contributed by atoms with van der Waals surface area (Å²) in [4.78, 5) is 15.6. The maximum absolute atomic E-state index is 12.7. The maximum atomic E-state index is 12.7. The van der Waals surface area contributed by atoms with E-state index in [2.05, 4.69) is 0 Å². The molecule has 1 atom stereocenters. The Morgan fingerprint density at radius 1 is 1.20 bits per heavy atom. The summed E-state index contributed by atoms with van der Waals surface area (Å²) in [7, 11) is 0. The zero-order chi connectivity index (χ0) is 14.1. The quantitative estimate of drug-likeness (QED) is 0.859. The minimum absolute atomic E-state index is 0.140. The Morgan fingerprint density at radius 3 is 2.65 bits per heavy atom. The van der Waals surface area contributed by atoms with Crippen molar-refractivity contribution < 1.29 is 4.79 Å². The lowest BCUT2D eigenvalue weighted by molar-refractivity contribution is -0.118. The molecule has 2 aromatic carbocycles. The summed E-state index contributed by atoms with van der Waals surface area (Å²) < 4.78 is 0. The summed E-state index contributed by atoms with van der Waals surface area (Å²) in [5, 5.41) is -0.189. The Kier molecular flexibility index (Phi) is 3.40. The molecular weight excluding hydrogens is 268 g/mol. The van der Waals surface area contributed by atoms with Crippen molar-refractivity contribution in [3.63, 3.8) is 0 Å². The molecule has 0 bridgehead atoms. The molecule has 2 N–H and O–H groups in total. The topological polar surface area (TPSA) is 46.3 Å². The molecule has 0 spiro atoms. The Balaban J connectivity index is 2.07. The first-order valence-corrected chi connectivity index (χ1v) is 7.51. The Morgan fingerprint density at radius 2 is 1.95 bits per heavy atom. The molecule has 0 fully saturated rings. The van der Waals surface area contributed by atoms with E-state index in [1.165, 1.54) is 0 Å². The van der Waals surface area contributed by atoms with Crippen molar-refractivity contribution in [2.75, 3.05) is 17.2 Å². The minimum Gasteiger partial charge on any atom is -0.399 e. The maximum Gasteiger partial charge on any atom is 0.245 e. The van der Waals surface area contributed by atoms with Crippen LogP contribution in [0.1, 0.15) is 17.7 Å². The first kappa shape index (κ1) is 13.1. The van der Waals surface area contributed by atoms with Crippen LogP contribution in [0.15, 0.2) is 53.4 Å². The van der Waals surface area contributed by atoms with E-state index >= 15 is 0 Å². The molecule has 4 heteroatoms. The Hall–Kier alpha value is -1.94. The average Bonchev–Trinajstić information content (AvgIpc) is 2.48. The van der Waals surface area contributed by atoms with E-state index < -0.39 is 0 Å². The van der Waals surface area contributed by atoms with Crippen LogP contribution in [-0.2, 0) is 4.79 Å². The van der Waals surface area contributed by atoms with Crippen LogP contribution in [0, 0.1) is 0 Å². The fraction of sp³-hybridized carbons (Fsp3) is 0.188. The van der Waals surface area contributed by atoms with Crippen molar-refractivity contribution in [2.24, 2.45) is 0 Å². The molecule has 1 aliphatic rings. The molecule has 0 saturated carbocycles. The lowest BCUT2D eigenvalue weighted by Crippen LogP contribution is -2.37. The van der Waals surface area contributed by atoms with Crippen molar-refractivity contribution in [1.29, 1.82) is 0 Å². The standard InChI is InChI=1S/C16H16N2OS/c1-2-18-13-9-8-12(17)10-14(13)20-15(16(18)19)11-6-4-3-5-7-11/h3-10,15H,2,17H2,1H3. The van der Waals surface area contributed by atoms with Crippen LogP contribution in [-0.4, -0.2) is 12.5 Å². The van der Waals surface area contributed by atoms with Gasteiger partial charge in [-0.25, -0.2) is 0 Å². The summed E-state index contributed by atoms with van der Waals surface area (Å²) in [6.45, 7) is 2.66. The molecule has 20 heavy (non-hydrogen) atoms. The second-order valence-electron chi connectivity index (χ2n) is 4.72. The molecule has 0 saturated heterocycles. The highest BCUT2D eigenvalue weighted by atomic mass is 32.2. The third-order valence-electron chi connectivity index (χ3n) is 3.43. The second kappa shape index (κ2) is 5.21. The van der Waals surface area contributed by atoms with Crippen LogP contribution < -0.4 is 10.6 Å². The fourth-order valence-electron chi connectivity index (χ4n) is 2.45. The Labute approximate surface area is 122 Å². The van der Waals surface area contributed by atoms with Crippen molar-refractivity contribution in [3.8, 4) is 0 Å². The summed E-state index contributed by atoms with van der Waals surface area (Å²) in [5.41, 5.74) is 8.60. The number of benzene rings is 2. The molecule has 1 heterocycles.